The maximum absolute atomic E-state index is 10.8. The van der Waals surface area contributed by atoms with Gasteiger partial charge >= 0.3 is 0 Å². The highest BCUT2D eigenvalue weighted by atomic mass is 16.3. The minimum Gasteiger partial charge on any atom is -0.385 e. The molecular weight excluding hydrogens is 210 g/mol. The highest BCUT2D eigenvalue weighted by Crippen LogP contribution is 2.40. The normalized spacial score (nSPS) is 29.6. The molecule has 0 amide bonds. The average molecular weight is 229 g/mol. The Bertz CT molecular complexity index is 530. The van der Waals surface area contributed by atoms with E-state index in [2.05, 4.69) is 36.2 Å². The molecule has 1 heterocycles. The summed E-state index contributed by atoms with van der Waals surface area (Å²) in [6.07, 6.45) is 6.11. The van der Waals surface area contributed by atoms with E-state index in [0.717, 1.165) is 30.3 Å². The summed E-state index contributed by atoms with van der Waals surface area (Å²) in [6.45, 7) is 2.24. The number of nitrogens with one attached hydrogen (secondary N) is 1. The smallest absolute Gasteiger partial charge is 0.0899 e. The molecule has 1 fully saturated rings. The van der Waals surface area contributed by atoms with Crippen LogP contribution in [-0.4, -0.2) is 10.1 Å². The number of benzene rings is 1. The van der Waals surface area contributed by atoms with Crippen LogP contribution in [0.25, 0.3) is 10.9 Å². The molecule has 1 aliphatic carbocycles. The molecule has 2 N–H and O–H groups in total. The number of rotatable bonds is 1. The second-order valence-corrected chi connectivity index (χ2v) is 5.51. The molecule has 17 heavy (non-hydrogen) atoms. The third-order valence-electron chi connectivity index (χ3n) is 4.06. The number of fused-ring (bicyclic) bond motifs is 1. The van der Waals surface area contributed by atoms with E-state index in [0.29, 0.717) is 5.92 Å². The second kappa shape index (κ2) is 3.88. The molecule has 90 valence electrons. The molecule has 0 saturated heterocycles. The lowest BCUT2D eigenvalue weighted by molar-refractivity contribution is -0.0177. The predicted molar refractivity (Wildman–Crippen MR) is 69.8 cm³/mol. The topological polar surface area (TPSA) is 36.0 Å². The number of hydrogen-bond donors (Lipinski definition) is 2. The van der Waals surface area contributed by atoms with Gasteiger partial charge in [-0.2, -0.15) is 0 Å². The van der Waals surface area contributed by atoms with Crippen molar-refractivity contribution in [2.24, 2.45) is 5.92 Å². The zero-order valence-electron chi connectivity index (χ0n) is 10.2. The Morgan fingerprint density at radius 1 is 1.35 bits per heavy atom. The van der Waals surface area contributed by atoms with Crippen LogP contribution in [0, 0.1) is 5.92 Å². The van der Waals surface area contributed by atoms with Gasteiger partial charge in [0.2, 0.25) is 0 Å². The average Bonchev–Trinajstić information content (AvgIpc) is 2.75. The van der Waals surface area contributed by atoms with Crippen molar-refractivity contribution < 1.29 is 5.11 Å². The van der Waals surface area contributed by atoms with Gasteiger partial charge in [-0.3, -0.25) is 0 Å². The standard InChI is InChI=1S/C15H19NO/c1-11-3-2-7-15(17,10-11)13-4-5-14-12(9-13)6-8-16-14/h4-6,8-9,11,16-17H,2-3,7,10H2,1H3. The number of aromatic amines is 1. The second-order valence-electron chi connectivity index (χ2n) is 5.51. The monoisotopic (exact) mass is 229 g/mol. The summed E-state index contributed by atoms with van der Waals surface area (Å²) in [5.41, 5.74) is 1.61. The van der Waals surface area contributed by atoms with E-state index in [1.165, 1.54) is 11.8 Å². The predicted octanol–water partition coefficient (Wildman–Crippen LogP) is 3.57. The van der Waals surface area contributed by atoms with Crippen molar-refractivity contribution in [3.8, 4) is 0 Å². The molecule has 0 radical (unpaired) electrons. The van der Waals surface area contributed by atoms with Crippen molar-refractivity contribution in [2.75, 3.05) is 0 Å². The zero-order chi connectivity index (χ0) is 11.9. The Kier molecular flexibility index (Phi) is 2.48. The molecule has 1 aromatic heterocycles. The summed E-state index contributed by atoms with van der Waals surface area (Å²) in [7, 11) is 0. The van der Waals surface area contributed by atoms with Gasteiger partial charge in [0.25, 0.3) is 0 Å². The van der Waals surface area contributed by atoms with Crippen molar-refractivity contribution in [1.82, 2.24) is 4.98 Å². The first-order chi connectivity index (χ1) is 8.17. The summed E-state index contributed by atoms with van der Waals surface area (Å²) in [5, 5.41) is 12.0. The molecule has 0 aliphatic heterocycles. The molecule has 1 aromatic carbocycles. The molecule has 1 saturated carbocycles. The Morgan fingerprint density at radius 2 is 2.24 bits per heavy atom. The quantitative estimate of drug-likeness (QED) is 0.770. The first-order valence-electron chi connectivity index (χ1n) is 6.47. The van der Waals surface area contributed by atoms with Crippen molar-refractivity contribution >= 4 is 10.9 Å². The van der Waals surface area contributed by atoms with E-state index in [9.17, 15) is 5.11 Å². The fraction of sp³-hybridized carbons (Fsp3) is 0.467. The van der Waals surface area contributed by atoms with Crippen LogP contribution in [0.3, 0.4) is 0 Å². The van der Waals surface area contributed by atoms with E-state index in [1.54, 1.807) is 0 Å². The van der Waals surface area contributed by atoms with Crippen molar-refractivity contribution in [3.63, 3.8) is 0 Å². The lowest BCUT2D eigenvalue weighted by Crippen LogP contribution is -2.31. The van der Waals surface area contributed by atoms with Crippen LogP contribution in [0.15, 0.2) is 30.5 Å². The minimum atomic E-state index is -0.608. The van der Waals surface area contributed by atoms with Gasteiger partial charge in [-0.1, -0.05) is 19.4 Å². The van der Waals surface area contributed by atoms with E-state index in [-0.39, 0.29) is 0 Å². The Labute approximate surface area is 102 Å². The van der Waals surface area contributed by atoms with Gasteiger partial charge in [0.1, 0.15) is 0 Å². The van der Waals surface area contributed by atoms with Gasteiger partial charge in [0, 0.05) is 11.7 Å². The number of H-pyrrole nitrogens is 1. The van der Waals surface area contributed by atoms with Crippen LogP contribution >= 0.6 is 0 Å². The molecular formula is C15H19NO. The van der Waals surface area contributed by atoms with Gasteiger partial charge in [-0.15, -0.1) is 0 Å². The molecule has 2 unspecified atom stereocenters. The van der Waals surface area contributed by atoms with Crippen molar-refractivity contribution in [1.29, 1.82) is 0 Å². The van der Waals surface area contributed by atoms with Gasteiger partial charge in [0.05, 0.1) is 5.60 Å². The number of aromatic nitrogens is 1. The Hall–Kier alpha value is -1.28. The van der Waals surface area contributed by atoms with E-state index in [4.69, 9.17) is 0 Å². The summed E-state index contributed by atoms with van der Waals surface area (Å²) in [4.78, 5) is 3.19. The fourth-order valence-corrected chi connectivity index (χ4v) is 3.13. The lowest BCUT2D eigenvalue weighted by atomic mass is 9.75. The maximum Gasteiger partial charge on any atom is 0.0899 e. The third kappa shape index (κ3) is 1.87. The van der Waals surface area contributed by atoms with Gasteiger partial charge < -0.3 is 10.1 Å². The van der Waals surface area contributed by atoms with Crippen LogP contribution in [0.1, 0.15) is 38.2 Å². The Balaban J connectivity index is 2.01. The van der Waals surface area contributed by atoms with Gasteiger partial charge in [-0.05, 0) is 54.3 Å². The van der Waals surface area contributed by atoms with E-state index < -0.39 is 5.60 Å². The molecule has 3 rings (SSSR count). The van der Waals surface area contributed by atoms with E-state index >= 15 is 0 Å². The van der Waals surface area contributed by atoms with Crippen LogP contribution in [0.4, 0.5) is 0 Å². The summed E-state index contributed by atoms with van der Waals surface area (Å²) < 4.78 is 0. The molecule has 2 atom stereocenters. The minimum absolute atomic E-state index is 0.608. The molecule has 2 aromatic rings. The SMILES string of the molecule is CC1CCCC(O)(c2ccc3[nH]ccc3c2)C1. The highest BCUT2D eigenvalue weighted by molar-refractivity contribution is 5.80. The van der Waals surface area contributed by atoms with Crippen LogP contribution in [0.2, 0.25) is 0 Å². The maximum atomic E-state index is 10.8. The fourth-order valence-electron chi connectivity index (χ4n) is 3.13. The molecule has 0 bridgehead atoms. The molecule has 1 aliphatic rings. The summed E-state index contributed by atoms with van der Waals surface area (Å²) in [6, 6.07) is 8.33. The van der Waals surface area contributed by atoms with Gasteiger partial charge in [0.15, 0.2) is 0 Å². The van der Waals surface area contributed by atoms with Gasteiger partial charge in [-0.25, -0.2) is 0 Å². The van der Waals surface area contributed by atoms with Crippen LogP contribution in [-0.2, 0) is 5.60 Å². The van der Waals surface area contributed by atoms with Crippen molar-refractivity contribution in [2.45, 2.75) is 38.2 Å². The van der Waals surface area contributed by atoms with E-state index in [1.807, 2.05) is 6.20 Å². The zero-order valence-corrected chi connectivity index (χ0v) is 10.2. The summed E-state index contributed by atoms with van der Waals surface area (Å²) in [5.74, 6) is 0.621. The largest absolute Gasteiger partial charge is 0.385 e. The highest BCUT2D eigenvalue weighted by Gasteiger charge is 2.34. The molecule has 2 heteroatoms. The lowest BCUT2D eigenvalue weighted by Gasteiger charge is -2.36. The summed E-state index contributed by atoms with van der Waals surface area (Å²) >= 11 is 0. The first kappa shape index (κ1) is 10.8. The molecule has 0 spiro atoms. The van der Waals surface area contributed by atoms with Crippen LogP contribution < -0.4 is 0 Å². The Morgan fingerprint density at radius 3 is 3.06 bits per heavy atom. The molecule has 2 nitrogen and oxygen atoms in total. The number of hydrogen-bond acceptors (Lipinski definition) is 1. The first-order valence-corrected chi connectivity index (χ1v) is 6.47. The van der Waals surface area contributed by atoms with Crippen molar-refractivity contribution in [3.05, 3.63) is 36.0 Å². The third-order valence-corrected chi connectivity index (χ3v) is 4.06. The number of aliphatic hydroxyl groups is 1. The van der Waals surface area contributed by atoms with Crippen LogP contribution in [0.5, 0.6) is 0 Å².